The molecule has 238 valence electrons. The average Bonchev–Trinajstić information content (AvgIpc) is 3.02. The fraction of sp³-hybridized carbons (Fsp3) is 0.222. The molecule has 0 spiro atoms. The van der Waals surface area contributed by atoms with Gasteiger partial charge in [-0.1, -0.05) is 69.3 Å². The SMILES string of the molecule is CC(C)(C)c1ccc(Oc2cccc(CN(C(=O)c3cccc(C(=N)N)c3)C(Cc3ccc(N)cc3)C(=O)NCC(N)=O)c2)cc1. The van der Waals surface area contributed by atoms with Gasteiger partial charge in [-0.2, -0.15) is 0 Å². The van der Waals surface area contributed by atoms with Crippen molar-refractivity contribution >= 4 is 29.2 Å². The van der Waals surface area contributed by atoms with Crippen LogP contribution in [0.1, 0.15) is 53.4 Å². The lowest BCUT2D eigenvalue weighted by atomic mass is 9.87. The van der Waals surface area contributed by atoms with Crippen molar-refractivity contribution in [3.8, 4) is 11.5 Å². The lowest BCUT2D eigenvalue weighted by Crippen LogP contribution is -2.51. The first kappa shape index (κ1) is 33.3. The molecular formula is C36H40N6O4. The summed E-state index contributed by atoms with van der Waals surface area (Å²) in [5.41, 5.74) is 20.7. The maximum Gasteiger partial charge on any atom is 0.254 e. The van der Waals surface area contributed by atoms with E-state index in [4.69, 9.17) is 27.3 Å². The average molecular weight is 621 g/mol. The Balaban J connectivity index is 1.71. The van der Waals surface area contributed by atoms with Crippen molar-refractivity contribution in [1.29, 1.82) is 5.41 Å². The van der Waals surface area contributed by atoms with E-state index in [1.54, 1.807) is 42.5 Å². The van der Waals surface area contributed by atoms with Crippen LogP contribution >= 0.6 is 0 Å². The summed E-state index contributed by atoms with van der Waals surface area (Å²) in [7, 11) is 0. The third-order valence-corrected chi connectivity index (χ3v) is 7.41. The van der Waals surface area contributed by atoms with Crippen molar-refractivity contribution in [2.45, 2.75) is 45.2 Å². The second kappa shape index (κ2) is 14.4. The van der Waals surface area contributed by atoms with Gasteiger partial charge in [0.15, 0.2) is 0 Å². The van der Waals surface area contributed by atoms with Gasteiger partial charge in [-0.3, -0.25) is 19.8 Å². The molecule has 0 saturated heterocycles. The third-order valence-electron chi connectivity index (χ3n) is 7.41. The second-order valence-electron chi connectivity index (χ2n) is 12.1. The van der Waals surface area contributed by atoms with E-state index < -0.39 is 30.3 Å². The Labute approximate surface area is 269 Å². The summed E-state index contributed by atoms with van der Waals surface area (Å²) >= 11 is 0. The summed E-state index contributed by atoms with van der Waals surface area (Å²) in [6.45, 7) is 6.06. The van der Waals surface area contributed by atoms with Crippen LogP contribution in [0.2, 0.25) is 0 Å². The smallest absolute Gasteiger partial charge is 0.254 e. The number of nitrogen functional groups attached to an aromatic ring is 2. The lowest BCUT2D eigenvalue weighted by molar-refractivity contribution is -0.128. The Morgan fingerprint density at radius 1 is 0.826 bits per heavy atom. The van der Waals surface area contributed by atoms with E-state index >= 15 is 0 Å². The van der Waals surface area contributed by atoms with Gasteiger partial charge in [-0.25, -0.2) is 0 Å². The van der Waals surface area contributed by atoms with E-state index in [1.807, 2.05) is 48.5 Å². The number of anilines is 1. The van der Waals surface area contributed by atoms with E-state index in [0.29, 0.717) is 28.3 Å². The molecule has 10 heteroatoms. The second-order valence-corrected chi connectivity index (χ2v) is 12.1. The van der Waals surface area contributed by atoms with Crippen molar-refractivity contribution in [3.63, 3.8) is 0 Å². The normalized spacial score (nSPS) is 11.7. The number of nitrogens with two attached hydrogens (primary N) is 3. The third kappa shape index (κ3) is 8.95. The Morgan fingerprint density at radius 2 is 1.48 bits per heavy atom. The molecule has 0 heterocycles. The van der Waals surface area contributed by atoms with Crippen molar-refractivity contribution in [2.24, 2.45) is 11.5 Å². The summed E-state index contributed by atoms with van der Waals surface area (Å²) < 4.78 is 6.15. The first-order valence-electron chi connectivity index (χ1n) is 14.8. The minimum atomic E-state index is -1.05. The molecule has 8 N–H and O–H groups in total. The highest BCUT2D eigenvalue weighted by atomic mass is 16.5. The molecule has 0 radical (unpaired) electrons. The van der Waals surface area contributed by atoms with Crippen molar-refractivity contribution < 1.29 is 19.1 Å². The summed E-state index contributed by atoms with van der Waals surface area (Å²) in [4.78, 5) is 40.9. The zero-order valence-electron chi connectivity index (χ0n) is 26.2. The van der Waals surface area contributed by atoms with Crippen LogP contribution in [0.5, 0.6) is 11.5 Å². The Kier molecular flexibility index (Phi) is 10.4. The highest BCUT2D eigenvalue weighted by molar-refractivity contribution is 6.01. The van der Waals surface area contributed by atoms with Gasteiger partial charge in [-0.05, 0) is 70.6 Å². The molecule has 0 aliphatic heterocycles. The molecular weight excluding hydrogens is 580 g/mol. The topological polar surface area (TPSA) is 178 Å². The Hall–Kier alpha value is -5.64. The molecule has 46 heavy (non-hydrogen) atoms. The first-order valence-corrected chi connectivity index (χ1v) is 14.8. The number of carbonyl (C=O) groups is 3. The van der Waals surface area contributed by atoms with Crippen LogP contribution < -0.4 is 27.3 Å². The van der Waals surface area contributed by atoms with E-state index in [2.05, 4.69) is 26.1 Å². The Morgan fingerprint density at radius 3 is 2.11 bits per heavy atom. The molecule has 4 aromatic rings. The Bertz CT molecular complexity index is 1710. The highest BCUT2D eigenvalue weighted by Crippen LogP contribution is 2.28. The largest absolute Gasteiger partial charge is 0.457 e. The van der Waals surface area contributed by atoms with Gasteiger partial charge >= 0.3 is 0 Å². The van der Waals surface area contributed by atoms with Crippen LogP contribution in [0, 0.1) is 5.41 Å². The van der Waals surface area contributed by atoms with E-state index in [9.17, 15) is 14.4 Å². The fourth-order valence-electron chi connectivity index (χ4n) is 4.89. The number of ether oxygens (including phenoxy) is 1. The molecule has 0 fully saturated rings. The summed E-state index contributed by atoms with van der Waals surface area (Å²) in [5.74, 6) is -0.724. The number of benzene rings is 4. The molecule has 3 amide bonds. The zero-order chi connectivity index (χ0) is 33.4. The molecule has 4 aromatic carbocycles. The van der Waals surface area contributed by atoms with Crippen LogP contribution in [0.25, 0.3) is 0 Å². The van der Waals surface area contributed by atoms with Gasteiger partial charge in [0.05, 0.1) is 6.54 Å². The number of nitrogens with zero attached hydrogens (tertiary/aromatic N) is 1. The van der Waals surface area contributed by atoms with Gasteiger partial charge in [0, 0.05) is 29.8 Å². The molecule has 10 nitrogen and oxygen atoms in total. The van der Waals surface area contributed by atoms with Gasteiger partial charge in [0.1, 0.15) is 23.4 Å². The first-order chi connectivity index (χ1) is 21.8. The van der Waals surface area contributed by atoms with E-state index in [0.717, 1.165) is 5.56 Å². The van der Waals surface area contributed by atoms with Gasteiger partial charge < -0.3 is 32.2 Å². The standard InChI is InChI=1S/C36H40N6O4/c1-36(2,3)27-12-16-29(17-13-27)46-30-9-4-6-24(18-30)22-42(35(45)26-8-5-7-25(20-26)33(39)40)31(34(44)41-21-32(38)43)19-23-10-14-28(37)15-11-23/h4-18,20,31H,19,21-22,37H2,1-3H3,(H2,38,43)(H3,39,40)(H,41,44). The summed E-state index contributed by atoms with van der Waals surface area (Å²) in [5, 5.41) is 10.4. The summed E-state index contributed by atoms with van der Waals surface area (Å²) in [6.07, 6.45) is 0.124. The maximum absolute atomic E-state index is 14.2. The zero-order valence-corrected chi connectivity index (χ0v) is 26.2. The van der Waals surface area contributed by atoms with Crippen molar-refractivity contribution in [2.75, 3.05) is 12.3 Å². The number of carbonyl (C=O) groups excluding carboxylic acids is 3. The number of amidine groups is 1. The molecule has 1 unspecified atom stereocenters. The van der Waals surface area contributed by atoms with E-state index in [1.165, 1.54) is 16.5 Å². The number of nitrogens with one attached hydrogen (secondary N) is 2. The van der Waals surface area contributed by atoms with Crippen LogP contribution in [0.3, 0.4) is 0 Å². The van der Waals surface area contributed by atoms with Crippen molar-refractivity contribution in [1.82, 2.24) is 10.2 Å². The number of hydrogen-bond donors (Lipinski definition) is 5. The number of hydrogen-bond acceptors (Lipinski definition) is 6. The molecule has 1 atom stereocenters. The quantitative estimate of drug-likeness (QED) is 0.0884. The molecule has 0 aromatic heterocycles. The number of rotatable bonds is 12. The predicted octanol–water partition coefficient (Wildman–Crippen LogP) is 4.50. The fourth-order valence-corrected chi connectivity index (χ4v) is 4.89. The molecule has 0 bridgehead atoms. The molecule has 0 aliphatic carbocycles. The van der Waals surface area contributed by atoms with E-state index in [-0.39, 0.29) is 29.8 Å². The minimum Gasteiger partial charge on any atom is -0.457 e. The van der Waals surface area contributed by atoms with Crippen molar-refractivity contribution in [3.05, 3.63) is 125 Å². The minimum absolute atomic E-state index is 0.00497. The predicted molar refractivity (Wildman–Crippen MR) is 180 cm³/mol. The summed E-state index contributed by atoms with van der Waals surface area (Å²) in [6, 6.07) is 27.5. The van der Waals surface area contributed by atoms with Crippen LogP contribution in [0.15, 0.2) is 97.1 Å². The van der Waals surface area contributed by atoms with Gasteiger partial charge in [-0.15, -0.1) is 0 Å². The van der Waals surface area contributed by atoms with Crippen LogP contribution in [-0.2, 0) is 28.0 Å². The monoisotopic (exact) mass is 620 g/mol. The molecule has 0 saturated carbocycles. The molecule has 4 rings (SSSR count). The number of amides is 3. The highest BCUT2D eigenvalue weighted by Gasteiger charge is 2.31. The van der Waals surface area contributed by atoms with Gasteiger partial charge in [0.2, 0.25) is 11.8 Å². The maximum atomic E-state index is 14.2. The lowest BCUT2D eigenvalue weighted by Gasteiger charge is -2.31. The van der Waals surface area contributed by atoms with Gasteiger partial charge in [0.25, 0.3) is 5.91 Å². The molecule has 0 aliphatic rings. The van der Waals surface area contributed by atoms with Crippen LogP contribution in [0.4, 0.5) is 5.69 Å². The number of primary amides is 1. The van der Waals surface area contributed by atoms with Crippen LogP contribution in [-0.4, -0.2) is 41.0 Å².